The molecule has 0 saturated carbocycles. The molecule has 2 heterocycles. The molecule has 1 saturated heterocycles. The zero-order valence-corrected chi connectivity index (χ0v) is 13.4. The van der Waals surface area contributed by atoms with Gasteiger partial charge >= 0.3 is 0 Å². The van der Waals surface area contributed by atoms with Gasteiger partial charge in [0.25, 0.3) is 0 Å². The number of aliphatic hydroxyl groups is 1. The number of piperidine rings is 1. The molecule has 1 fully saturated rings. The molecule has 1 aromatic carbocycles. The van der Waals surface area contributed by atoms with E-state index in [9.17, 15) is 5.11 Å². The van der Waals surface area contributed by atoms with Gasteiger partial charge in [-0.25, -0.2) is 0 Å². The molecular weight excluding hydrogens is 262 g/mol. The molecule has 0 radical (unpaired) electrons. The van der Waals surface area contributed by atoms with Crippen LogP contribution in [0.5, 0.6) is 5.75 Å². The molecule has 0 amide bonds. The second-order valence-corrected chi connectivity index (χ2v) is 6.54. The number of aliphatic hydroxyl groups excluding tert-OH is 1. The summed E-state index contributed by atoms with van der Waals surface area (Å²) in [6.45, 7) is 8.00. The van der Waals surface area contributed by atoms with Crippen molar-refractivity contribution in [3.05, 3.63) is 28.8 Å². The third-order valence-electron chi connectivity index (χ3n) is 5.29. The lowest BCUT2D eigenvalue weighted by Crippen LogP contribution is -2.49. The highest BCUT2D eigenvalue weighted by Gasteiger charge is 2.38. The Hall–Kier alpha value is -1.06. The Kier molecular flexibility index (Phi) is 4.23. The fraction of sp³-hybridized carbons (Fsp3) is 0.667. The second kappa shape index (κ2) is 5.98. The first-order chi connectivity index (χ1) is 10.1. The van der Waals surface area contributed by atoms with Crippen molar-refractivity contribution in [3.63, 3.8) is 0 Å². The largest absolute Gasteiger partial charge is 0.490 e. The topological polar surface area (TPSA) is 32.7 Å². The summed E-state index contributed by atoms with van der Waals surface area (Å²) in [4.78, 5) is 2.53. The number of ether oxygens (including phenoxy) is 1. The van der Waals surface area contributed by atoms with Crippen LogP contribution in [0.15, 0.2) is 12.1 Å². The molecule has 2 aliphatic rings. The number of aryl methyl sites for hydroxylation is 1. The van der Waals surface area contributed by atoms with Crippen molar-refractivity contribution in [1.82, 2.24) is 4.90 Å². The molecule has 21 heavy (non-hydrogen) atoms. The number of benzene rings is 1. The third kappa shape index (κ3) is 2.58. The zero-order chi connectivity index (χ0) is 15.0. The van der Waals surface area contributed by atoms with Crippen LogP contribution in [0.3, 0.4) is 0 Å². The minimum absolute atomic E-state index is 0.0956. The van der Waals surface area contributed by atoms with Crippen molar-refractivity contribution in [2.45, 2.75) is 64.6 Å². The van der Waals surface area contributed by atoms with Gasteiger partial charge in [0.15, 0.2) is 0 Å². The van der Waals surface area contributed by atoms with Crippen LogP contribution in [0.25, 0.3) is 0 Å². The predicted molar refractivity (Wildman–Crippen MR) is 84.8 cm³/mol. The summed E-state index contributed by atoms with van der Waals surface area (Å²) in [5.41, 5.74) is 3.65. The van der Waals surface area contributed by atoms with Crippen LogP contribution in [-0.2, 0) is 0 Å². The highest BCUT2D eigenvalue weighted by Crippen LogP contribution is 2.41. The van der Waals surface area contributed by atoms with Crippen molar-refractivity contribution >= 4 is 0 Å². The normalized spacial score (nSPS) is 29.8. The molecule has 3 heteroatoms. The van der Waals surface area contributed by atoms with E-state index >= 15 is 0 Å². The van der Waals surface area contributed by atoms with Gasteiger partial charge in [-0.2, -0.15) is 0 Å². The summed E-state index contributed by atoms with van der Waals surface area (Å²) in [5, 5.41) is 10.6. The summed E-state index contributed by atoms with van der Waals surface area (Å²) in [6.07, 6.45) is 4.53. The van der Waals surface area contributed by atoms with E-state index < -0.39 is 6.10 Å². The first-order valence-corrected chi connectivity index (χ1v) is 8.30. The van der Waals surface area contributed by atoms with Crippen molar-refractivity contribution in [3.8, 4) is 5.75 Å². The lowest BCUT2D eigenvalue weighted by Gasteiger charge is -2.45. The highest BCUT2D eigenvalue weighted by atomic mass is 16.5. The summed E-state index contributed by atoms with van der Waals surface area (Å²) in [6, 6.07) is 5.00. The summed E-state index contributed by atoms with van der Waals surface area (Å²) in [5.74, 6) is 1.01. The van der Waals surface area contributed by atoms with E-state index in [4.69, 9.17) is 4.74 Å². The minimum Gasteiger partial charge on any atom is -0.490 e. The fourth-order valence-electron chi connectivity index (χ4n) is 3.93. The SMILES string of the molecule is CCC1CCCCN1C1c2ccc(C)c(C)c2OCC1O. The van der Waals surface area contributed by atoms with E-state index in [0.717, 1.165) is 18.7 Å². The Morgan fingerprint density at radius 2 is 2.10 bits per heavy atom. The molecule has 3 atom stereocenters. The Morgan fingerprint density at radius 1 is 1.29 bits per heavy atom. The summed E-state index contributed by atoms with van der Waals surface area (Å²) >= 11 is 0. The van der Waals surface area contributed by atoms with Crippen LogP contribution >= 0.6 is 0 Å². The molecule has 116 valence electrons. The van der Waals surface area contributed by atoms with Gasteiger partial charge in [-0.05, 0) is 50.8 Å². The molecule has 0 aromatic heterocycles. The monoisotopic (exact) mass is 289 g/mol. The van der Waals surface area contributed by atoms with E-state index in [1.165, 1.54) is 36.0 Å². The molecule has 3 nitrogen and oxygen atoms in total. The molecule has 3 rings (SSSR count). The van der Waals surface area contributed by atoms with Crippen LogP contribution in [0.2, 0.25) is 0 Å². The molecule has 3 unspecified atom stereocenters. The van der Waals surface area contributed by atoms with Gasteiger partial charge in [0.1, 0.15) is 18.5 Å². The predicted octanol–water partition coefficient (Wildman–Crippen LogP) is 3.36. The van der Waals surface area contributed by atoms with Crippen LogP contribution in [0.1, 0.15) is 55.3 Å². The van der Waals surface area contributed by atoms with E-state index in [0.29, 0.717) is 12.6 Å². The summed E-state index contributed by atoms with van der Waals surface area (Å²) < 4.78 is 5.86. The van der Waals surface area contributed by atoms with Crippen molar-refractivity contribution in [2.75, 3.05) is 13.2 Å². The van der Waals surface area contributed by atoms with Crippen molar-refractivity contribution < 1.29 is 9.84 Å². The van der Waals surface area contributed by atoms with E-state index in [1.807, 2.05) is 0 Å². The molecule has 1 aromatic rings. The first-order valence-electron chi connectivity index (χ1n) is 8.30. The van der Waals surface area contributed by atoms with Crippen molar-refractivity contribution in [2.24, 2.45) is 0 Å². The third-order valence-corrected chi connectivity index (χ3v) is 5.29. The number of rotatable bonds is 2. The molecule has 2 aliphatic heterocycles. The minimum atomic E-state index is -0.424. The molecule has 0 spiro atoms. The average molecular weight is 289 g/mol. The lowest BCUT2D eigenvalue weighted by molar-refractivity contribution is -0.0293. The van der Waals surface area contributed by atoms with Crippen molar-refractivity contribution in [1.29, 1.82) is 0 Å². The molecule has 0 bridgehead atoms. The van der Waals surface area contributed by atoms with Crippen LogP contribution in [0, 0.1) is 13.8 Å². The number of fused-ring (bicyclic) bond motifs is 1. The number of nitrogens with zero attached hydrogens (tertiary/aromatic N) is 1. The maximum Gasteiger partial charge on any atom is 0.127 e. The molecule has 1 N–H and O–H groups in total. The van der Waals surface area contributed by atoms with E-state index in [2.05, 4.69) is 37.8 Å². The zero-order valence-electron chi connectivity index (χ0n) is 13.4. The lowest BCUT2D eigenvalue weighted by atomic mass is 9.89. The fourth-order valence-corrected chi connectivity index (χ4v) is 3.93. The standard InChI is InChI=1S/C18H27NO2/c1-4-14-7-5-6-10-19(14)17-15-9-8-12(2)13(3)18(15)21-11-16(17)20/h8-9,14,16-17,20H,4-7,10-11H2,1-3H3. The van der Waals surface area contributed by atoms with Crippen LogP contribution in [-0.4, -0.2) is 35.3 Å². The molecular formula is C18H27NO2. The Balaban J connectivity index is 2.00. The number of hydrogen-bond acceptors (Lipinski definition) is 3. The average Bonchev–Trinajstić information content (AvgIpc) is 2.51. The van der Waals surface area contributed by atoms with Gasteiger partial charge in [0, 0.05) is 11.6 Å². The highest BCUT2D eigenvalue weighted by molar-refractivity contribution is 5.48. The van der Waals surface area contributed by atoms with E-state index in [-0.39, 0.29) is 6.04 Å². The van der Waals surface area contributed by atoms with E-state index in [1.54, 1.807) is 0 Å². The van der Waals surface area contributed by atoms with Gasteiger partial charge in [-0.1, -0.05) is 25.5 Å². The van der Waals surface area contributed by atoms with Gasteiger partial charge < -0.3 is 9.84 Å². The van der Waals surface area contributed by atoms with Crippen LogP contribution in [0.4, 0.5) is 0 Å². The quantitative estimate of drug-likeness (QED) is 0.906. The smallest absolute Gasteiger partial charge is 0.127 e. The number of hydrogen-bond donors (Lipinski definition) is 1. The first kappa shape index (κ1) is 14.9. The van der Waals surface area contributed by atoms with Gasteiger partial charge in [-0.3, -0.25) is 4.90 Å². The molecule has 0 aliphatic carbocycles. The van der Waals surface area contributed by atoms with Crippen LogP contribution < -0.4 is 4.74 Å². The Bertz CT molecular complexity index is 514. The Labute approximate surface area is 127 Å². The number of likely N-dealkylation sites (tertiary alicyclic amines) is 1. The van der Waals surface area contributed by atoms with Gasteiger partial charge in [0.05, 0.1) is 6.04 Å². The van der Waals surface area contributed by atoms with Gasteiger partial charge in [0.2, 0.25) is 0 Å². The second-order valence-electron chi connectivity index (χ2n) is 6.54. The Morgan fingerprint density at radius 3 is 2.86 bits per heavy atom. The summed E-state index contributed by atoms with van der Waals surface area (Å²) in [7, 11) is 0. The maximum absolute atomic E-state index is 10.6. The van der Waals surface area contributed by atoms with Gasteiger partial charge in [-0.15, -0.1) is 0 Å². The maximum atomic E-state index is 10.6.